The number of pyridine rings is 1. The topological polar surface area (TPSA) is 72.0 Å². The Labute approximate surface area is 147 Å². The molecule has 2 amide bonds. The van der Waals surface area contributed by atoms with Crippen LogP contribution in [0.25, 0.3) is 0 Å². The highest BCUT2D eigenvalue weighted by molar-refractivity contribution is 5.92. The zero-order valence-corrected chi connectivity index (χ0v) is 15.0. The van der Waals surface area contributed by atoms with Crippen LogP contribution in [0.1, 0.15) is 30.0 Å². The number of aryl methyl sites for hydroxylation is 1. The Bertz CT molecular complexity index is 663. The second-order valence-corrected chi connectivity index (χ2v) is 7.03. The van der Waals surface area contributed by atoms with Gasteiger partial charge >= 0.3 is 0 Å². The quantitative estimate of drug-likeness (QED) is 0.794. The van der Waals surface area contributed by atoms with Crippen molar-refractivity contribution in [2.24, 2.45) is 0 Å². The van der Waals surface area contributed by atoms with Gasteiger partial charge in [0.1, 0.15) is 17.9 Å². The van der Waals surface area contributed by atoms with Crippen LogP contribution in [0.2, 0.25) is 0 Å². The molecular formula is C18H25N3O4. The maximum Gasteiger partial charge on any atom is 0.272 e. The Morgan fingerprint density at radius 2 is 2.12 bits per heavy atom. The lowest BCUT2D eigenvalue weighted by molar-refractivity contribution is -0.140. The van der Waals surface area contributed by atoms with Crippen LogP contribution < -0.4 is 0 Å². The van der Waals surface area contributed by atoms with Crippen molar-refractivity contribution in [3.63, 3.8) is 0 Å². The number of hydrogen-bond donors (Lipinski definition) is 0. The van der Waals surface area contributed by atoms with E-state index in [1.54, 1.807) is 15.9 Å². The van der Waals surface area contributed by atoms with Gasteiger partial charge in [0, 0.05) is 18.3 Å². The molecule has 2 saturated heterocycles. The van der Waals surface area contributed by atoms with Gasteiger partial charge in [-0.05, 0) is 32.9 Å². The molecule has 2 aliphatic rings. The molecule has 0 bridgehead atoms. The maximum absolute atomic E-state index is 12.8. The number of aromatic nitrogens is 1. The van der Waals surface area contributed by atoms with E-state index in [1.807, 2.05) is 32.9 Å². The summed E-state index contributed by atoms with van der Waals surface area (Å²) < 4.78 is 11.6. The van der Waals surface area contributed by atoms with Gasteiger partial charge in [0.2, 0.25) is 5.91 Å². The number of carbonyl (C=O) groups excluding carboxylic acids is 2. The first-order valence-corrected chi connectivity index (χ1v) is 8.64. The summed E-state index contributed by atoms with van der Waals surface area (Å²) in [7, 11) is 0. The van der Waals surface area contributed by atoms with Crippen LogP contribution in [0.4, 0.5) is 0 Å². The third-order valence-electron chi connectivity index (χ3n) is 4.64. The van der Waals surface area contributed by atoms with E-state index in [-0.39, 0.29) is 24.5 Å². The fourth-order valence-electron chi connectivity index (χ4n) is 3.35. The Morgan fingerprint density at radius 1 is 1.32 bits per heavy atom. The number of nitrogens with zero attached hydrogens (tertiary/aromatic N) is 3. The number of hydrogen-bond acceptors (Lipinski definition) is 5. The van der Waals surface area contributed by atoms with Crippen LogP contribution in [0.3, 0.4) is 0 Å². The van der Waals surface area contributed by atoms with Crippen molar-refractivity contribution >= 4 is 11.8 Å². The van der Waals surface area contributed by atoms with Gasteiger partial charge in [0.05, 0.1) is 26.3 Å². The minimum Gasteiger partial charge on any atom is -0.368 e. The van der Waals surface area contributed by atoms with Gasteiger partial charge in [-0.3, -0.25) is 9.59 Å². The first kappa shape index (κ1) is 17.8. The number of carbonyl (C=O) groups is 2. The Morgan fingerprint density at radius 3 is 2.84 bits per heavy atom. The molecular weight excluding hydrogens is 322 g/mol. The number of rotatable bonds is 2. The van der Waals surface area contributed by atoms with Gasteiger partial charge < -0.3 is 19.3 Å². The van der Waals surface area contributed by atoms with E-state index in [9.17, 15) is 9.59 Å². The Kier molecular flexibility index (Phi) is 5.06. The van der Waals surface area contributed by atoms with Gasteiger partial charge in [0.15, 0.2) is 0 Å². The third kappa shape index (κ3) is 3.82. The molecule has 1 aromatic heterocycles. The molecule has 25 heavy (non-hydrogen) atoms. The molecule has 0 saturated carbocycles. The SMILES string of the molecule is Cc1cccc(C(=O)N2CCOC3(COCC(=O)N(C(C)C)C3)C2)n1. The third-order valence-corrected chi connectivity index (χ3v) is 4.64. The molecule has 1 unspecified atom stereocenters. The van der Waals surface area contributed by atoms with Gasteiger partial charge in [-0.2, -0.15) is 0 Å². The molecule has 3 rings (SSSR count). The smallest absolute Gasteiger partial charge is 0.272 e. The lowest BCUT2D eigenvalue weighted by Gasteiger charge is -2.43. The predicted molar refractivity (Wildman–Crippen MR) is 91.2 cm³/mol. The summed E-state index contributed by atoms with van der Waals surface area (Å²) in [5, 5.41) is 0. The molecule has 136 valence electrons. The first-order valence-electron chi connectivity index (χ1n) is 8.64. The molecule has 1 atom stereocenters. The van der Waals surface area contributed by atoms with E-state index in [0.717, 1.165) is 5.69 Å². The molecule has 0 radical (unpaired) electrons. The average Bonchev–Trinajstić information content (AvgIpc) is 2.74. The summed E-state index contributed by atoms with van der Waals surface area (Å²) in [6, 6.07) is 5.48. The molecule has 0 aliphatic carbocycles. The fourth-order valence-corrected chi connectivity index (χ4v) is 3.35. The van der Waals surface area contributed by atoms with Crippen molar-refractivity contribution in [1.29, 1.82) is 0 Å². The van der Waals surface area contributed by atoms with E-state index >= 15 is 0 Å². The average molecular weight is 347 g/mol. The molecule has 0 N–H and O–H groups in total. The van der Waals surface area contributed by atoms with Crippen molar-refractivity contribution in [2.45, 2.75) is 32.4 Å². The minimum absolute atomic E-state index is 0.0423. The van der Waals surface area contributed by atoms with Gasteiger partial charge in [-0.25, -0.2) is 4.98 Å². The van der Waals surface area contributed by atoms with Gasteiger partial charge in [-0.15, -0.1) is 0 Å². The molecule has 2 fully saturated rings. The summed E-state index contributed by atoms with van der Waals surface area (Å²) in [5.74, 6) is -0.155. The molecule has 1 spiro atoms. The van der Waals surface area contributed by atoms with Crippen LogP contribution in [0.5, 0.6) is 0 Å². The van der Waals surface area contributed by atoms with E-state index in [1.165, 1.54) is 0 Å². The summed E-state index contributed by atoms with van der Waals surface area (Å²) in [6.45, 7) is 7.89. The lowest BCUT2D eigenvalue weighted by Crippen LogP contribution is -2.60. The van der Waals surface area contributed by atoms with Crippen LogP contribution in [-0.2, 0) is 14.3 Å². The molecule has 2 aliphatic heterocycles. The van der Waals surface area contributed by atoms with E-state index < -0.39 is 5.60 Å². The molecule has 0 aromatic carbocycles. The highest BCUT2D eigenvalue weighted by Crippen LogP contribution is 2.25. The second kappa shape index (κ2) is 7.09. The Hall–Kier alpha value is -1.99. The lowest BCUT2D eigenvalue weighted by atomic mass is 10.0. The van der Waals surface area contributed by atoms with Gasteiger partial charge in [-0.1, -0.05) is 6.07 Å². The highest BCUT2D eigenvalue weighted by Gasteiger charge is 2.44. The molecule has 3 heterocycles. The fraction of sp³-hybridized carbons (Fsp3) is 0.611. The van der Waals surface area contributed by atoms with Crippen LogP contribution in [0, 0.1) is 6.92 Å². The van der Waals surface area contributed by atoms with Crippen molar-refractivity contribution in [1.82, 2.24) is 14.8 Å². The summed E-state index contributed by atoms with van der Waals surface area (Å²) >= 11 is 0. The van der Waals surface area contributed by atoms with Crippen LogP contribution in [0.15, 0.2) is 18.2 Å². The molecule has 7 nitrogen and oxygen atoms in total. The van der Waals surface area contributed by atoms with E-state index in [4.69, 9.17) is 9.47 Å². The first-order chi connectivity index (χ1) is 11.9. The minimum atomic E-state index is -0.686. The standard InChI is InChI=1S/C18H25N3O4/c1-13(2)21-11-18(12-24-9-16(21)22)10-20(7-8-25-18)17(23)15-6-4-5-14(3)19-15/h4-6,13H,7-12H2,1-3H3. The van der Waals surface area contributed by atoms with Crippen molar-refractivity contribution in [3.8, 4) is 0 Å². The van der Waals surface area contributed by atoms with Crippen LogP contribution in [-0.4, -0.2) is 77.7 Å². The summed E-state index contributed by atoms with van der Waals surface area (Å²) in [6.07, 6.45) is 0. The zero-order chi connectivity index (χ0) is 18.0. The van der Waals surface area contributed by atoms with Crippen molar-refractivity contribution in [2.75, 3.05) is 39.5 Å². The van der Waals surface area contributed by atoms with Gasteiger partial charge in [0.25, 0.3) is 5.91 Å². The highest BCUT2D eigenvalue weighted by atomic mass is 16.5. The zero-order valence-electron chi connectivity index (χ0n) is 15.0. The molecule has 7 heteroatoms. The maximum atomic E-state index is 12.8. The van der Waals surface area contributed by atoms with Crippen molar-refractivity contribution in [3.05, 3.63) is 29.6 Å². The van der Waals surface area contributed by atoms with Crippen LogP contribution >= 0.6 is 0 Å². The normalized spacial score (nSPS) is 24.7. The van der Waals surface area contributed by atoms with Crippen molar-refractivity contribution < 1.29 is 19.1 Å². The monoisotopic (exact) mass is 347 g/mol. The number of morpholine rings is 1. The summed E-state index contributed by atoms with van der Waals surface area (Å²) in [4.78, 5) is 32.9. The second-order valence-electron chi connectivity index (χ2n) is 7.03. The number of ether oxygens (including phenoxy) is 2. The Balaban J connectivity index is 1.79. The van der Waals surface area contributed by atoms with E-state index in [0.29, 0.717) is 38.5 Å². The largest absolute Gasteiger partial charge is 0.368 e. The van der Waals surface area contributed by atoms with E-state index in [2.05, 4.69) is 4.98 Å². The predicted octanol–water partition coefficient (Wildman–Crippen LogP) is 0.868. The summed E-state index contributed by atoms with van der Waals surface area (Å²) in [5.41, 5.74) is 0.556. The molecule has 1 aromatic rings. The number of amides is 2.